The molecule has 2 unspecified atom stereocenters. The molecule has 0 spiro atoms. The lowest BCUT2D eigenvalue weighted by Crippen LogP contribution is -2.32. The Morgan fingerprint density at radius 1 is 1.21 bits per heavy atom. The molecule has 0 bridgehead atoms. The van der Waals surface area contributed by atoms with Gasteiger partial charge in [-0.2, -0.15) is 5.10 Å². The fraction of sp³-hybridized carbons (Fsp3) is 0.240. The number of rotatable bonds is 5. The number of oxazole rings is 1. The molecule has 3 aromatic heterocycles. The van der Waals surface area contributed by atoms with Crippen LogP contribution < -0.4 is 0 Å². The van der Waals surface area contributed by atoms with Gasteiger partial charge in [-0.3, -0.25) is 4.79 Å². The van der Waals surface area contributed by atoms with E-state index in [4.69, 9.17) is 30.0 Å². The Kier molecular flexibility index (Phi) is 5.55. The van der Waals surface area contributed by atoms with E-state index in [0.717, 1.165) is 42.1 Å². The summed E-state index contributed by atoms with van der Waals surface area (Å²) in [5.74, 6) is 1.59. The van der Waals surface area contributed by atoms with Gasteiger partial charge in [0, 0.05) is 10.9 Å². The van der Waals surface area contributed by atoms with E-state index in [1.54, 1.807) is 35.7 Å². The van der Waals surface area contributed by atoms with Crippen LogP contribution in [0.25, 0.3) is 17.2 Å². The minimum atomic E-state index is -0.277. The molecule has 1 aliphatic heterocycles. The van der Waals surface area contributed by atoms with Crippen LogP contribution >= 0.6 is 23.4 Å². The van der Waals surface area contributed by atoms with E-state index in [-0.39, 0.29) is 23.6 Å². The van der Waals surface area contributed by atoms with E-state index in [9.17, 15) is 4.79 Å². The lowest BCUT2D eigenvalue weighted by atomic mass is 9.79. The molecule has 6 rings (SSSR count). The van der Waals surface area contributed by atoms with Crippen LogP contribution in [0.1, 0.15) is 36.8 Å². The van der Waals surface area contributed by atoms with Crippen molar-refractivity contribution < 1.29 is 18.0 Å². The number of nitrogens with zero attached hydrogens (tertiary/aromatic N) is 3. The van der Waals surface area contributed by atoms with Gasteiger partial charge in [0.2, 0.25) is 0 Å². The van der Waals surface area contributed by atoms with Gasteiger partial charge in [0.25, 0.3) is 11.1 Å². The summed E-state index contributed by atoms with van der Waals surface area (Å²) in [4.78, 5) is 17.8. The average Bonchev–Trinajstić information content (AvgIpc) is 3.63. The monoisotopic (exact) mass is 493 g/mol. The molecule has 34 heavy (non-hydrogen) atoms. The molecule has 4 heterocycles. The van der Waals surface area contributed by atoms with Crippen LogP contribution in [0.2, 0.25) is 5.02 Å². The first kappa shape index (κ1) is 21.3. The van der Waals surface area contributed by atoms with E-state index in [0.29, 0.717) is 21.3 Å². The molecular formula is C25H20ClN3O4S. The number of carbonyl (C=O) groups is 1. The molecule has 0 radical (unpaired) electrons. The molecule has 1 aromatic carbocycles. The van der Waals surface area contributed by atoms with Crippen molar-refractivity contribution in [2.45, 2.75) is 30.5 Å². The van der Waals surface area contributed by atoms with Crippen molar-refractivity contribution in [2.75, 3.05) is 5.75 Å². The predicted octanol–water partition coefficient (Wildman–Crippen LogP) is 6.58. The molecule has 1 amide bonds. The van der Waals surface area contributed by atoms with Crippen LogP contribution in [0.5, 0.6) is 0 Å². The third kappa shape index (κ3) is 3.97. The van der Waals surface area contributed by atoms with Crippen LogP contribution in [-0.4, -0.2) is 27.4 Å². The molecule has 172 valence electrons. The number of benzene rings is 1. The second-order valence-corrected chi connectivity index (χ2v) is 9.61. The molecule has 0 saturated heterocycles. The number of halogens is 1. The zero-order valence-corrected chi connectivity index (χ0v) is 19.6. The van der Waals surface area contributed by atoms with Gasteiger partial charge < -0.3 is 13.3 Å². The number of amides is 1. The zero-order valence-electron chi connectivity index (χ0n) is 18.0. The molecule has 7 nitrogen and oxygen atoms in total. The molecule has 2 atom stereocenters. The average molecular weight is 494 g/mol. The van der Waals surface area contributed by atoms with E-state index >= 15 is 0 Å². The summed E-state index contributed by atoms with van der Waals surface area (Å²) < 4.78 is 17.0. The van der Waals surface area contributed by atoms with Crippen LogP contribution in [0, 0.1) is 5.92 Å². The number of furan rings is 2. The number of aromatic nitrogens is 1. The van der Waals surface area contributed by atoms with Crippen molar-refractivity contribution in [3.63, 3.8) is 0 Å². The summed E-state index contributed by atoms with van der Waals surface area (Å²) in [5, 5.41) is 7.41. The van der Waals surface area contributed by atoms with Crippen molar-refractivity contribution in [2.24, 2.45) is 11.0 Å². The highest BCUT2D eigenvalue weighted by Crippen LogP contribution is 2.44. The van der Waals surface area contributed by atoms with Crippen molar-refractivity contribution in [3.05, 3.63) is 77.1 Å². The number of thioether (sulfide) groups is 1. The molecule has 2 aliphatic rings. The Labute approximate surface area is 204 Å². The number of hydrogen-bond donors (Lipinski definition) is 0. The minimum Gasteiger partial charge on any atom is -0.467 e. The van der Waals surface area contributed by atoms with Gasteiger partial charge in [-0.15, -0.1) is 0 Å². The number of carbonyl (C=O) groups excluding carboxylic acids is 1. The Bertz CT molecular complexity index is 1390. The number of allylic oxidation sites excluding steroid dienone is 1. The summed E-state index contributed by atoms with van der Waals surface area (Å²) in [6.45, 7) is 0. The lowest BCUT2D eigenvalue weighted by Gasteiger charge is -2.27. The van der Waals surface area contributed by atoms with Crippen LogP contribution in [0.15, 0.2) is 84.1 Å². The SMILES string of the molecule is O=C(CSc1nc2cc(Cl)ccc2o1)N1N=C2C(=Cc3ccco3)CCCC2C1c1ccco1. The molecule has 4 aromatic rings. The molecule has 9 heteroatoms. The summed E-state index contributed by atoms with van der Waals surface area (Å²) in [6.07, 6.45) is 8.15. The van der Waals surface area contributed by atoms with Gasteiger partial charge in [0.1, 0.15) is 23.1 Å². The smallest absolute Gasteiger partial charge is 0.257 e. The highest BCUT2D eigenvalue weighted by Gasteiger charge is 2.45. The molecule has 1 aliphatic carbocycles. The van der Waals surface area contributed by atoms with E-state index in [1.807, 2.05) is 30.3 Å². The lowest BCUT2D eigenvalue weighted by molar-refractivity contribution is -0.131. The maximum atomic E-state index is 13.4. The standard InChI is InChI=1S/C25H20ClN3O4S/c26-16-8-9-20-19(13-16)27-25(33-20)34-14-22(30)29-24(21-7-3-11-32-21)18-6-1-4-15(23(18)28-29)12-17-5-2-10-31-17/h2-3,5,7-13,18,24H,1,4,6,14H2. The van der Waals surface area contributed by atoms with Crippen molar-refractivity contribution >= 4 is 52.2 Å². The topological polar surface area (TPSA) is 85.0 Å². The quantitative estimate of drug-likeness (QED) is 0.292. The van der Waals surface area contributed by atoms with E-state index < -0.39 is 0 Å². The molecular weight excluding hydrogens is 474 g/mol. The van der Waals surface area contributed by atoms with Crippen molar-refractivity contribution in [3.8, 4) is 0 Å². The normalized spacial score (nSPS) is 21.3. The summed E-state index contributed by atoms with van der Waals surface area (Å²) >= 11 is 7.28. The maximum absolute atomic E-state index is 13.4. The first-order chi connectivity index (χ1) is 16.7. The van der Waals surface area contributed by atoms with Crippen molar-refractivity contribution in [1.29, 1.82) is 0 Å². The first-order valence-electron chi connectivity index (χ1n) is 11.0. The largest absolute Gasteiger partial charge is 0.467 e. The Morgan fingerprint density at radius 2 is 2.09 bits per heavy atom. The van der Waals surface area contributed by atoms with Crippen LogP contribution in [0.3, 0.4) is 0 Å². The maximum Gasteiger partial charge on any atom is 0.257 e. The van der Waals surface area contributed by atoms with Gasteiger partial charge >= 0.3 is 0 Å². The molecule has 0 N–H and O–H groups in total. The third-order valence-electron chi connectivity index (χ3n) is 6.10. The molecule has 1 fully saturated rings. The molecule has 1 saturated carbocycles. The van der Waals surface area contributed by atoms with Crippen LogP contribution in [-0.2, 0) is 4.79 Å². The van der Waals surface area contributed by atoms with Gasteiger partial charge in [0.15, 0.2) is 5.58 Å². The van der Waals surface area contributed by atoms with Gasteiger partial charge in [0.05, 0.1) is 24.0 Å². The van der Waals surface area contributed by atoms with Gasteiger partial charge in [-0.1, -0.05) is 23.4 Å². The first-order valence-corrected chi connectivity index (χ1v) is 12.4. The second kappa shape index (κ2) is 8.85. The van der Waals surface area contributed by atoms with Gasteiger partial charge in [-0.25, -0.2) is 9.99 Å². The summed E-state index contributed by atoms with van der Waals surface area (Å²) in [7, 11) is 0. The van der Waals surface area contributed by atoms with Crippen LogP contribution in [0.4, 0.5) is 0 Å². The number of fused-ring (bicyclic) bond motifs is 2. The third-order valence-corrected chi connectivity index (χ3v) is 7.15. The Morgan fingerprint density at radius 3 is 2.91 bits per heavy atom. The van der Waals surface area contributed by atoms with Crippen molar-refractivity contribution in [1.82, 2.24) is 9.99 Å². The highest BCUT2D eigenvalue weighted by atomic mass is 35.5. The summed E-state index contributed by atoms with van der Waals surface area (Å²) in [6, 6.07) is 12.5. The van der Waals surface area contributed by atoms with E-state index in [1.165, 1.54) is 11.8 Å². The predicted molar refractivity (Wildman–Crippen MR) is 129 cm³/mol. The number of hydrogen-bond acceptors (Lipinski definition) is 7. The van der Waals surface area contributed by atoms with E-state index in [2.05, 4.69) is 4.98 Å². The number of hydrazone groups is 1. The fourth-order valence-corrected chi connectivity index (χ4v) is 5.48. The minimum absolute atomic E-state index is 0.0709. The second-order valence-electron chi connectivity index (χ2n) is 8.25. The zero-order chi connectivity index (χ0) is 23.1. The Hall–Kier alpha value is -3.23. The summed E-state index contributed by atoms with van der Waals surface area (Å²) in [5.41, 5.74) is 3.32. The fourth-order valence-electron chi connectivity index (χ4n) is 4.62. The Balaban J connectivity index is 1.27. The van der Waals surface area contributed by atoms with Gasteiger partial charge in [-0.05, 0) is 73.4 Å². The highest BCUT2D eigenvalue weighted by molar-refractivity contribution is 7.99.